The van der Waals surface area contributed by atoms with Gasteiger partial charge in [0, 0.05) is 11.0 Å². The molecule has 0 saturated carbocycles. The first kappa shape index (κ1) is 11.8. The van der Waals surface area contributed by atoms with Gasteiger partial charge < -0.3 is 10.4 Å². The van der Waals surface area contributed by atoms with E-state index in [1.807, 2.05) is 18.2 Å². The van der Waals surface area contributed by atoms with Crippen LogP contribution in [0.1, 0.15) is 22.7 Å². The van der Waals surface area contributed by atoms with Crippen LogP contribution < -0.4 is 5.32 Å². The molecule has 2 N–H and O–H groups in total. The topological polar surface area (TPSA) is 32.3 Å². The lowest BCUT2D eigenvalue weighted by Crippen LogP contribution is -2.30. The summed E-state index contributed by atoms with van der Waals surface area (Å²) >= 11 is 3.61. The molecule has 18 heavy (non-hydrogen) atoms. The fraction of sp³-hybridized carbons (Fsp3) is 0.200. The van der Waals surface area contributed by atoms with Crippen molar-refractivity contribution in [2.24, 2.45) is 0 Å². The van der Waals surface area contributed by atoms with Crippen LogP contribution in [0.2, 0.25) is 0 Å². The van der Waals surface area contributed by atoms with Crippen LogP contribution in [0.4, 0.5) is 0 Å². The van der Waals surface area contributed by atoms with Gasteiger partial charge in [0.15, 0.2) is 0 Å². The number of aromatic hydroxyl groups is 1. The second kappa shape index (κ2) is 4.75. The summed E-state index contributed by atoms with van der Waals surface area (Å²) in [5, 5.41) is 13.1. The Bertz CT molecular complexity index is 582. The van der Waals surface area contributed by atoms with Crippen molar-refractivity contribution in [3.8, 4) is 5.75 Å². The van der Waals surface area contributed by atoms with Gasteiger partial charge in [0.05, 0.1) is 6.04 Å². The van der Waals surface area contributed by atoms with Crippen LogP contribution in [-0.2, 0) is 6.42 Å². The molecule has 1 heterocycles. The second-order valence-electron chi connectivity index (χ2n) is 4.54. The third kappa shape index (κ3) is 2.04. The molecule has 1 aliphatic heterocycles. The van der Waals surface area contributed by atoms with Crippen molar-refractivity contribution in [1.29, 1.82) is 0 Å². The highest BCUT2D eigenvalue weighted by molar-refractivity contribution is 9.10. The van der Waals surface area contributed by atoms with Gasteiger partial charge in [-0.05, 0) is 41.3 Å². The van der Waals surface area contributed by atoms with E-state index in [2.05, 4.69) is 39.4 Å². The van der Waals surface area contributed by atoms with Crippen LogP contribution in [0.25, 0.3) is 0 Å². The van der Waals surface area contributed by atoms with Gasteiger partial charge in [0.2, 0.25) is 0 Å². The van der Waals surface area contributed by atoms with Crippen LogP contribution >= 0.6 is 15.9 Å². The Morgan fingerprint density at radius 2 is 1.94 bits per heavy atom. The summed E-state index contributed by atoms with van der Waals surface area (Å²) in [6.07, 6.45) is 0.963. The molecule has 0 aliphatic carbocycles. The predicted octanol–water partition coefficient (Wildman–Crippen LogP) is 3.39. The Morgan fingerprint density at radius 1 is 1.11 bits per heavy atom. The first-order valence-corrected chi connectivity index (χ1v) is 6.84. The highest BCUT2D eigenvalue weighted by atomic mass is 79.9. The van der Waals surface area contributed by atoms with Crippen molar-refractivity contribution >= 4 is 15.9 Å². The standard InChI is InChI=1S/C15H14BrNO/c16-14-4-2-1-3-13(14)15-12-6-5-11(18)9-10(12)7-8-17-15/h1-6,9,15,17-18H,7-8H2. The fourth-order valence-electron chi connectivity index (χ4n) is 2.54. The van der Waals surface area contributed by atoms with E-state index in [9.17, 15) is 5.11 Å². The number of phenols is 1. The van der Waals surface area contributed by atoms with Crippen molar-refractivity contribution in [3.05, 3.63) is 63.6 Å². The summed E-state index contributed by atoms with van der Waals surface area (Å²) in [7, 11) is 0. The van der Waals surface area contributed by atoms with Crippen LogP contribution in [0.3, 0.4) is 0 Å². The maximum absolute atomic E-state index is 9.57. The minimum atomic E-state index is 0.199. The van der Waals surface area contributed by atoms with E-state index in [1.54, 1.807) is 6.07 Å². The Balaban J connectivity index is 2.09. The zero-order valence-corrected chi connectivity index (χ0v) is 11.4. The molecule has 0 radical (unpaired) electrons. The number of phenolic OH excluding ortho intramolecular Hbond substituents is 1. The Kier molecular flexibility index (Phi) is 3.10. The summed E-state index contributed by atoms with van der Waals surface area (Å²) in [6, 6.07) is 14.1. The van der Waals surface area contributed by atoms with Gasteiger partial charge in [-0.3, -0.25) is 0 Å². The van der Waals surface area contributed by atoms with Crippen molar-refractivity contribution in [2.45, 2.75) is 12.5 Å². The lowest BCUT2D eigenvalue weighted by atomic mass is 9.90. The minimum Gasteiger partial charge on any atom is -0.508 e. The number of halogens is 1. The van der Waals surface area contributed by atoms with Crippen LogP contribution in [0.5, 0.6) is 5.75 Å². The van der Waals surface area contributed by atoms with E-state index in [0.717, 1.165) is 17.4 Å². The number of rotatable bonds is 1. The molecule has 3 rings (SSSR count). The van der Waals surface area contributed by atoms with Gasteiger partial charge in [-0.2, -0.15) is 0 Å². The minimum absolute atomic E-state index is 0.199. The number of fused-ring (bicyclic) bond motifs is 1. The monoisotopic (exact) mass is 303 g/mol. The van der Waals surface area contributed by atoms with Crippen molar-refractivity contribution in [3.63, 3.8) is 0 Å². The van der Waals surface area contributed by atoms with E-state index >= 15 is 0 Å². The molecule has 1 unspecified atom stereocenters. The largest absolute Gasteiger partial charge is 0.508 e. The second-order valence-corrected chi connectivity index (χ2v) is 5.40. The summed E-state index contributed by atoms with van der Waals surface area (Å²) in [4.78, 5) is 0. The molecule has 2 aromatic rings. The molecular formula is C15H14BrNO. The van der Waals surface area contributed by atoms with Gasteiger partial charge in [0.1, 0.15) is 5.75 Å². The molecule has 2 aromatic carbocycles. The van der Waals surface area contributed by atoms with E-state index in [-0.39, 0.29) is 6.04 Å². The quantitative estimate of drug-likeness (QED) is 0.846. The summed E-state index contributed by atoms with van der Waals surface area (Å²) < 4.78 is 1.11. The van der Waals surface area contributed by atoms with Crippen molar-refractivity contribution in [2.75, 3.05) is 6.54 Å². The van der Waals surface area contributed by atoms with Crippen molar-refractivity contribution < 1.29 is 5.11 Å². The Hall–Kier alpha value is -1.32. The lowest BCUT2D eigenvalue weighted by Gasteiger charge is -2.28. The molecule has 1 atom stereocenters. The molecule has 2 nitrogen and oxygen atoms in total. The molecule has 0 saturated heterocycles. The van der Waals surface area contributed by atoms with Crippen LogP contribution in [0, 0.1) is 0 Å². The molecule has 0 amide bonds. The first-order chi connectivity index (χ1) is 8.75. The summed E-state index contributed by atoms with van der Waals surface area (Å²) in [6.45, 7) is 0.933. The molecule has 0 bridgehead atoms. The highest BCUT2D eigenvalue weighted by Gasteiger charge is 2.22. The van der Waals surface area contributed by atoms with E-state index in [1.165, 1.54) is 16.7 Å². The van der Waals surface area contributed by atoms with Gasteiger partial charge in [-0.1, -0.05) is 40.2 Å². The molecule has 0 spiro atoms. The number of hydrogen-bond acceptors (Lipinski definition) is 2. The third-order valence-corrected chi connectivity index (χ3v) is 4.12. The molecular weight excluding hydrogens is 290 g/mol. The number of benzene rings is 2. The summed E-state index contributed by atoms with van der Waals surface area (Å²) in [5.74, 6) is 0.349. The molecule has 92 valence electrons. The van der Waals surface area contributed by atoms with Gasteiger partial charge in [-0.25, -0.2) is 0 Å². The Morgan fingerprint density at radius 3 is 2.78 bits per heavy atom. The third-order valence-electron chi connectivity index (χ3n) is 3.40. The van der Waals surface area contributed by atoms with E-state index in [4.69, 9.17) is 0 Å². The smallest absolute Gasteiger partial charge is 0.115 e. The zero-order chi connectivity index (χ0) is 12.5. The highest BCUT2D eigenvalue weighted by Crippen LogP contribution is 2.33. The number of nitrogens with one attached hydrogen (secondary N) is 1. The predicted molar refractivity (Wildman–Crippen MR) is 75.8 cm³/mol. The van der Waals surface area contributed by atoms with Gasteiger partial charge >= 0.3 is 0 Å². The molecule has 3 heteroatoms. The average molecular weight is 304 g/mol. The van der Waals surface area contributed by atoms with E-state index < -0.39 is 0 Å². The molecule has 0 fully saturated rings. The SMILES string of the molecule is Oc1ccc2c(c1)CCNC2c1ccccc1Br. The number of hydrogen-bond donors (Lipinski definition) is 2. The maximum Gasteiger partial charge on any atom is 0.115 e. The first-order valence-electron chi connectivity index (χ1n) is 6.05. The van der Waals surface area contributed by atoms with Crippen molar-refractivity contribution in [1.82, 2.24) is 5.32 Å². The zero-order valence-electron chi connectivity index (χ0n) is 9.86. The average Bonchev–Trinajstić information content (AvgIpc) is 2.38. The van der Waals surface area contributed by atoms with E-state index in [0.29, 0.717) is 5.75 Å². The fourth-order valence-corrected chi connectivity index (χ4v) is 3.05. The van der Waals surface area contributed by atoms with Gasteiger partial charge in [-0.15, -0.1) is 0 Å². The normalized spacial score (nSPS) is 18.4. The summed E-state index contributed by atoms with van der Waals surface area (Å²) in [5.41, 5.74) is 3.73. The Labute approximate surface area is 115 Å². The molecule has 1 aliphatic rings. The van der Waals surface area contributed by atoms with Crippen LogP contribution in [-0.4, -0.2) is 11.7 Å². The van der Waals surface area contributed by atoms with Crippen LogP contribution in [0.15, 0.2) is 46.9 Å². The molecule has 0 aromatic heterocycles. The van der Waals surface area contributed by atoms with Gasteiger partial charge in [0.25, 0.3) is 0 Å². The maximum atomic E-state index is 9.57. The lowest BCUT2D eigenvalue weighted by molar-refractivity contribution is 0.471.